The minimum atomic E-state index is -0.282. The van der Waals surface area contributed by atoms with E-state index in [0.717, 1.165) is 16.9 Å². The van der Waals surface area contributed by atoms with Gasteiger partial charge in [-0.25, -0.2) is 0 Å². The van der Waals surface area contributed by atoms with Crippen LogP contribution in [0.2, 0.25) is 0 Å². The molecule has 0 bridgehead atoms. The van der Waals surface area contributed by atoms with Crippen LogP contribution in [-0.2, 0) is 22.4 Å². The van der Waals surface area contributed by atoms with Gasteiger partial charge in [-0.1, -0.05) is 6.07 Å². The number of esters is 1. The predicted molar refractivity (Wildman–Crippen MR) is 92.1 cm³/mol. The maximum atomic E-state index is 12.3. The minimum Gasteiger partial charge on any atom is -0.508 e. The first-order chi connectivity index (χ1) is 13.2. The molecule has 5 rings (SSSR count). The Morgan fingerprint density at radius 2 is 1.56 bits per heavy atom. The number of rotatable bonds is 4. The summed E-state index contributed by atoms with van der Waals surface area (Å²) in [6.45, 7) is 0.703. The molecule has 1 saturated heterocycles. The van der Waals surface area contributed by atoms with E-state index in [2.05, 4.69) is 0 Å². The van der Waals surface area contributed by atoms with Crippen molar-refractivity contribution in [1.29, 1.82) is 0 Å². The van der Waals surface area contributed by atoms with Crippen LogP contribution in [-0.4, -0.2) is 31.3 Å². The van der Waals surface area contributed by atoms with Crippen LogP contribution in [0, 0.1) is 11.8 Å². The number of benzene rings is 2. The number of cyclic esters (lactones) is 1. The average molecular weight is 370 g/mol. The topological polar surface area (TPSA) is 83.5 Å². The summed E-state index contributed by atoms with van der Waals surface area (Å²) in [7, 11) is 0. The maximum absolute atomic E-state index is 12.3. The Bertz CT molecular complexity index is 907. The van der Waals surface area contributed by atoms with Crippen LogP contribution in [0.3, 0.4) is 0 Å². The second-order valence-electron chi connectivity index (χ2n) is 6.93. The van der Waals surface area contributed by atoms with Crippen molar-refractivity contribution >= 4 is 5.97 Å². The molecule has 3 heterocycles. The van der Waals surface area contributed by atoms with E-state index < -0.39 is 0 Å². The van der Waals surface area contributed by atoms with Gasteiger partial charge in [-0.15, -0.1) is 0 Å². The molecule has 140 valence electrons. The fourth-order valence-electron chi connectivity index (χ4n) is 3.80. The first kappa shape index (κ1) is 16.1. The molecule has 3 aliphatic heterocycles. The lowest BCUT2D eigenvalue weighted by atomic mass is 9.84. The zero-order valence-electron chi connectivity index (χ0n) is 14.5. The quantitative estimate of drug-likeness (QED) is 0.828. The van der Waals surface area contributed by atoms with E-state index in [1.807, 2.05) is 18.2 Å². The third-order valence-corrected chi connectivity index (χ3v) is 5.26. The van der Waals surface area contributed by atoms with Crippen molar-refractivity contribution in [2.75, 3.05) is 20.2 Å². The Morgan fingerprint density at radius 3 is 2.37 bits per heavy atom. The molecule has 2 aromatic carbocycles. The van der Waals surface area contributed by atoms with Crippen LogP contribution in [0.25, 0.3) is 0 Å². The van der Waals surface area contributed by atoms with E-state index in [0.29, 0.717) is 36.7 Å². The second kappa shape index (κ2) is 6.26. The van der Waals surface area contributed by atoms with Crippen LogP contribution < -0.4 is 18.9 Å². The molecule has 27 heavy (non-hydrogen) atoms. The Balaban J connectivity index is 1.36. The SMILES string of the molecule is O=C1OC[C@H](Cc2cc3c(cc2O)OCO3)[C@H]1Cc1ccc2c(c1)OCO2. The number of fused-ring (bicyclic) bond motifs is 2. The van der Waals surface area contributed by atoms with Crippen LogP contribution >= 0.6 is 0 Å². The van der Waals surface area contributed by atoms with Crippen LogP contribution in [0.15, 0.2) is 30.3 Å². The molecule has 2 atom stereocenters. The molecular weight excluding hydrogens is 352 g/mol. The molecule has 1 fully saturated rings. The lowest BCUT2D eigenvalue weighted by Gasteiger charge is -2.16. The smallest absolute Gasteiger partial charge is 0.309 e. The fraction of sp³-hybridized carbons (Fsp3) is 0.350. The number of aromatic hydroxyl groups is 1. The van der Waals surface area contributed by atoms with Gasteiger partial charge in [0.1, 0.15) is 5.75 Å². The first-order valence-corrected chi connectivity index (χ1v) is 8.84. The molecule has 3 aliphatic rings. The standard InChI is InChI=1S/C20H18O7/c21-15-7-19-18(26-10-27-19)6-12(15)5-13-8-23-20(22)14(13)3-11-1-2-16-17(4-11)25-9-24-16/h1-2,4,6-7,13-14,21H,3,5,8-10H2/t13-,14+/m0/s1. The van der Waals surface area contributed by atoms with Gasteiger partial charge in [0.25, 0.3) is 0 Å². The number of carbonyl (C=O) groups excluding carboxylic acids is 1. The summed E-state index contributed by atoms with van der Waals surface area (Å²) >= 11 is 0. The van der Waals surface area contributed by atoms with Crippen molar-refractivity contribution in [3.8, 4) is 28.7 Å². The maximum Gasteiger partial charge on any atom is 0.309 e. The zero-order valence-corrected chi connectivity index (χ0v) is 14.5. The molecule has 0 aliphatic carbocycles. The van der Waals surface area contributed by atoms with Crippen molar-refractivity contribution in [3.63, 3.8) is 0 Å². The van der Waals surface area contributed by atoms with Gasteiger partial charge in [-0.2, -0.15) is 0 Å². The van der Waals surface area contributed by atoms with Crippen LogP contribution in [0.4, 0.5) is 0 Å². The summed E-state index contributed by atoms with van der Waals surface area (Å²) in [5.74, 6) is 2.17. The molecule has 0 saturated carbocycles. The minimum absolute atomic E-state index is 0.0332. The fourth-order valence-corrected chi connectivity index (χ4v) is 3.80. The molecule has 0 amide bonds. The van der Waals surface area contributed by atoms with Crippen LogP contribution in [0.5, 0.6) is 28.7 Å². The van der Waals surface area contributed by atoms with Gasteiger partial charge in [0.15, 0.2) is 23.0 Å². The predicted octanol–water partition coefficient (Wildman–Crippen LogP) is 2.42. The molecule has 0 aromatic heterocycles. The molecule has 7 heteroatoms. The third-order valence-electron chi connectivity index (χ3n) is 5.26. The van der Waals surface area contributed by atoms with Crippen molar-refractivity contribution in [2.24, 2.45) is 11.8 Å². The summed E-state index contributed by atoms with van der Waals surface area (Å²) in [5, 5.41) is 10.3. The van der Waals surface area contributed by atoms with Crippen molar-refractivity contribution in [3.05, 3.63) is 41.5 Å². The lowest BCUT2D eigenvalue weighted by Crippen LogP contribution is -2.20. The summed E-state index contributed by atoms with van der Waals surface area (Å²) in [6.07, 6.45) is 1.06. The number of hydrogen-bond acceptors (Lipinski definition) is 7. The normalized spacial score (nSPS) is 22.1. The Labute approximate surface area is 155 Å². The molecule has 1 N–H and O–H groups in total. The molecular formula is C20H18O7. The average Bonchev–Trinajstić information content (AvgIpc) is 3.37. The van der Waals surface area contributed by atoms with E-state index in [1.165, 1.54) is 0 Å². The van der Waals surface area contributed by atoms with Gasteiger partial charge >= 0.3 is 5.97 Å². The Hall–Kier alpha value is -3.09. The van der Waals surface area contributed by atoms with E-state index in [4.69, 9.17) is 23.7 Å². The van der Waals surface area contributed by atoms with Gasteiger partial charge < -0.3 is 28.8 Å². The summed E-state index contributed by atoms with van der Waals surface area (Å²) in [4.78, 5) is 12.3. The number of phenols is 1. The van der Waals surface area contributed by atoms with E-state index in [-0.39, 0.29) is 37.1 Å². The Morgan fingerprint density at radius 1 is 0.852 bits per heavy atom. The summed E-state index contributed by atoms with van der Waals surface area (Å²) in [6, 6.07) is 9.04. The van der Waals surface area contributed by atoms with Gasteiger partial charge in [-0.3, -0.25) is 4.79 Å². The van der Waals surface area contributed by atoms with E-state index in [1.54, 1.807) is 12.1 Å². The molecule has 0 radical (unpaired) electrons. The molecule has 0 spiro atoms. The Kier molecular flexibility index (Phi) is 3.74. The van der Waals surface area contributed by atoms with Gasteiger partial charge in [0.2, 0.25) is 13.6 Å². The molecule has 2 aromatic rings. The third kappa shape index (κ3) is 2.89. The monoisotopic (exact) mass is 370 g/mol. The highest BCUT2D eigenvalue weighted by Crippen LogP contribution is 2.40. The largest absolute Gasteiger partial charge is 0.508 e. The lowest BCUT2D eigenvalue weighted by molar-refractivity contribution is -0.141. The van der Waals surface area contributed by atoms with Crippen LogP contribution in [0.1, 0.15) is 11.1 Å². The van der Waals surface area contributed by atoms with E-state index >= 15 is 0 Å². The van der Waals surface area contributed by atoms with Crippen molar-refractivity contribution < 1.29 is 33.6 Å². The number of carbonyl (C=O) groups is 1. The molecule has 0 unspecified atom stereocenters. The van der Waals surface area contributed by atoms with E-state index in [9.17, 15) is 9.90 Å². The second-order valence-corrected chi connectivity index (χ2v) is 6.93. The first-order valence-electron chi connectivity index (χ1n) is 8.84. The highest BCUT2D eigenvalue weighted by atomic mass is 16.7. The number of ether oxygens (including phenoxy) is 5. The number of hydrogen-bond donors (Lipinski definition) is 1. The highest BCUT2D eigenvalue weighted by Gasteiger charge is 2.37. The highest BCUT2D eigenvalue weighted by molar-refractivity contribution is 5.75. The zero-order chi connectivity index (χ0) is 18.4. The summed E-state index contributed by atoms with van der Waals surface area (Å²) < 4.78 is 26.7. The number of phenolic OH excluding ortho intramolecular Hbond substituents is 1. The van der Waals surface area contributed by atoms with Crippen molar-refractivity contribution in [1.82, 2.24) is 0 Å². The van der Waals surface area contributed by atoms with Gasteiger partial charge in [-0.05, 0) is 42.2 Å². The summed E-state index contributed by atoms with van der Waals surface area (Å²) in [5.41, 5.74) is 1.71. The van der Waals surface area contributed by atoms with Crippen molar-refractivity contribution in [2.45, 2.75) is 12.8 Å². The molecule has 7 nitrogen and oxygen atoms in total. The van der Waals surface area contributed by atoms with Gasteiger partial charge in [0.05, 0.1) is 12.5 Å². The van der Waals surface area contributed by atoms with Gasteiger partial charge in [0, 0.05) is 12.0 Å².